The summed E-state index contributed by atoms with van der Waals surface area (Å²) in [7, 11) is 0. The van der Waals surface area contributed by atoms with Crippen LogP contribution in [0.15, 0.2) is 12.2 Å². The maximum absolute atomic E-state index is 11.7. The van der Waals surface area contributed by atoms with Crippen molar-refractivity contribution in [3.05, 3.63) is 12.2 Å². The number of carbonyl (C=O) groups is 1. The van der Waals surface area contributed by atoms with E-state index in [1.165, 1.54) is 0 Å². The molecule has 0 aromatic rings. The SMILES string of the molecule is O=C(OCC1CC=CCC1)C1CCOCC1. The smallest absolute Gasteiger partial charge is 0.309 e. The van der Waals surface area contributed by atoms with E-state index in [1.54, 1.807) is 0 Å². The molecule has 0 radical (unpaired) electrons. The summed E-state index contributed by atoms with van der Waals surface area (Å²) in [6.07, 6.45) is 9.37. The van der Waals surface area contributed by atoms with Gasteiger partial charge in [-0.05, 0) is 38.0 Å². The van der Waals surface area contributed by atoms with E-state index in [2.05, 4.69) is 12.2 Å². The van der Waals surface area contributed by atoms with E-state index in [0.29, 0.717) is 25.7 Å². The third-order valence-corrected chi connectivity index (χ3v) is 3.39. The number of allylic oxidation sites excluding steroid dienone is 2. The molecule has 0 bridgehead atoms. The lowest BCUT2D eigenvalue weighted by molar-refractivity contribution is -0.153. The standard InChI is InChI=1S/C13H20O3/c14-13(12-6-8-15-9-7-12)16-10-11-4-2-1-3-5-11/h1-2,11-12H,3-10H2. The monoisotopic (exact) mass is 224 g/mol. The molecule has 0 saturated carbocycles. The minimum Gasteiger partial charge on any atom is -0.465 e. The van der Waals surface area contributed by atoms with E-state index >= 15 is 0 Å². The van der Waals surface area contributed by atoms with E-state index in [-0.39, 0.29) is 11.9 Å². The molecule has 0 spiro atoms. The second-order valence-electron chi connectivity index (χ2n) is 4.67. The van der Waals surface area contributed by atoms with E-state index < -0.39 is 0 Å². The second-order valence-corrected chi connectivity index (χ2v) is 4.67. The van der Waals surface area contributed by atoms with Crippen molar-refractivity contribution in [3.8, 4) is 0 Å². The van der Waals surface area contributed by atoms with Crippen molar-refractivity contribution < 1.29 is 14.3 Å². The number of esters is 1. The van der Waals surface area contributed by atoms with Gasteiger partial charge in [0.2, 0.25) is 0 Å². The van der Waals surface area contributed by atoms with Crippen molar-refractivity contribution in [2.45, 2.75) is 32.1 Å². The molecule has 1 heterocycles. The second kappa shape index (κ2) is 6.04. The van der Waals surface area contributed by atoms with Crippen LogP contribution in [0.4, 0.5) is 0 Å². The Hall–Kier alpha value is -0.830. The van der Waals surface area contributed by atoms with Gasteiger partial charge < -0.3 is 9.47 Å². The Morgan fingerprint density at radius 1 is 1.25 bits per heavy atom. The van der Waals surface area contributed by atoms with Gasteiger partial charge in [-0.2, -0.15) is 0 Å². The summed E-state index contributed by atoms with van der Waals surface area (Å²) in [6.45, 7) is 2.00. The van der Waals surface area contributed by atoms with Gasteiger partial charge in [-0.25, -0.2) is 0 Å². The minimum atomic E-state index is -0.0159. The largest absolute Gasteiger partial charge is 0.465 e. The summed E-state index contributed by atoms with van der Waals surface area (Å²) in [4.78, 5) is 11.7. The van der Waals surface area contributed by atoms with Crippen LogP contribution in [0.25, 0.3) is 0 Å². The summed E-state index contributed by atoms with van der Waals surface area (Å²) in [6, 6.07) is 0. The summed E-state index contributed by atoms with van der Waals surface area (Å²) in [5.74, 6) is 0.597. The highest BCUT2D eigenvalue weighted by molar-refractivity contribution is 5.72. The molecule has 0 aromatic heterocycles. The first-order valence-corrected chi connectivity index (χ1v) is 6.25. The fourth-order valence-electron chi connectivity index (χ4n) is 2.26. The Balaban J connectivity index is 1.68. The Morgan fingerprint density at radius 3 is 2.75 bits per heavy atom. The number of carbonyl (C=O) groups excluding carboxylic acids is 1. The van der Waals surface area contributed by atoms with Crippen molar-refractivity contribution in [2.75, 3.05) is 19.8 Å². The van der Waals surface area contributed by atoms with Gasteiger partial charge in [0.25, 0.3) is 0 Å². The Labute approximate surface area is 96.8 Å². The molecule has 1 saturated heterocycles. The summed E-state index contributed by atoms with van der Waals surface area (Å²) in [5.41, 5.74) is 0. The molecule has 0 aromatic carbocycles. The topological polar surface area (TPSA) is 35.5 Å². The zero-order valence-corrected chi connectivity index (χ0v) is 9.69. The van der Waals surface area contributed by atoms with Crippen LogP contribution in [-0.2, 0) is 14.3 Å². The highest BCUT2D eigenvalue weighted by Gasteiger charge is 2.23. The molecule has 1 aliphatic carbocycles. The van der Waals surface area contributed by atoms with Crippen LogP contribution in [-0.4, -0.2) is 25.8 Å². The van der Waals surface area contributed by atoms with Crippen molar-refractivity contribution in [3.63, 3.8) is 0 Å². The molecule has 3 heteroatoms. The van der Waals surface area contributed by atoms with Crippen LogP contribution < -0.4 is 0 Å². The van der Waals surface area contributed by atoms with Crippen LogP contribution in [0.3, 0.4) is 0 Å². The molecular formula is C13H20O3. The molecule has 2 aliphatic rings. The molecule has 1 atom stereocenters. The van der Waals surface area contributed by atoms with Gasteiger partial charge in [-0.15, -0.1) is 0 Å². The summed E-state index contributed by atoms with van der Waals surface area (Å²) >= 11 is 0. The molecule has 0 amide bonds. The highest BCUT2D eigenvalue weighted by atomic mass is 16.5. The Kier molecular flexibility index (Phi) is 4.40. The van der Waals surface area contributed by atoms with Gasteiger partial charge in [0.15, 0.2) is 0 Å². The van der Waals surface area contributed by atoms with E-state index in [1.807, 2.05) is 0 Å². The Bertz CT molecular complexity index is 254. The van der Waals surface area contributed by atoms with Crippen LogP contribution in [0.2, 0.25) is 0 Å². The molecular weight excluding hydrogens is 204 g/mol. The molecule has 3 nitrogen and oxygen atoms in total. The van der Waals surface area contributed by atoms with Crippen molar-refractivity contribution >= 4 is 5.97 Å². The third kappa shape index (κ3) is 3.34. The minimum absolute atomic E-state index is 0.0159. The lowest BCUT2D eigenvalue weighted by Gasteiger charge is -2.22. The molecule has 90 valence electrons. The number of hydrogen-bond acceptors (Lipinski definition) is 3. The first-order valence-electron chi connectivity index (χ1n) is 6.25. The van der Waals surface area contributed by atoms with E-state index in [9.17, 15) is 4.79 Å². The predicted molar refractivity (Wildman–Crippen MR) is 61.0 cm³/mol. The van der Waals surface area contributed by atoms with E-state index in [4.69, 9.17) is 9.47 Å². The summed E-state index contributed by atoms with van der Waals surface area (Å²) in [5, 5.41) is 0. The zero-order valence-electron chi connectivity index (χ0n) is 9.69. The van der Waals surface area contributed by atoms with Gasteiger partial charge >= 0.3 is 5.97 Å². The van der Waals surface area contributed by atoms with Gasteiger partial charge in [0.1, 0.15) is 0 Å². The van der Waals surface area contributed by atoms with Crippen LogP contribution in [0, 0.1) is 11.8 Å². The Morgan fingerprint density at radius 2 is 2.06 bits per heavy atom. The fourth-order valence-corrected chi connectivity index (χ4v) is 2.26. The number of hydrogen-bond donors (Lipinski definition) is 0. The molecule has 1 unspecified atom stereocenters. The number of ether oxygens (including phenoxy) is 2. The zero-order chi connectivity index (χ0) is 11.2. The lowest BCUT2D eigenvalue weighted by atomic mass is 9.95. The van der Waals surface area contributed by atoms with Crippen molar-refractivity contribution in [1.29, 1.82) is 0 Å². The third-order valence-electron chi connectivity index (χ3n) is 3.39. The van der Waals surface area contributed by atoms with Crippen LogP contribution in [0.5, 0.6) is 0 Å². The quantitative estimate of drug-likeness (QED) is 0.545. The maximum Gasteiger partial charge on any atom is 0.309 e. The normalized spacial score (nSPS) is 26.6. The van der Waals surface area contributed by atoms with Crippen molar-refractivity contribution in [1.82, 2.24) is 0 Å². The molecule has 2 rings (SSSR count). The fraction of sp³-hybridized carbons (Fsp3) is 0.769. The molecule has 16 heavy (non-hydrogen) atoms. The van der Waals surface area contributed by atoms with Gasteiger partial charge in [-0.1, -0.05) is 12.2 Å². The summed E-state index contributed by atoms with van der Waals surface area (Å²) < 4.78 is 10.6. The lowest BCUT2D eigenvalue weighted by Crippen LogP contribution is -2.27. The average molecular weight is 224 g/mol. The van der Waals surface area contributed by atoms with E-state index in [0.717, 1.165) is 32.1 Å². The molecule has 1 aliphatic heterocycles. The highest BCUT2D eigenvalue weighted by Crippen LogP contribution is 2.20. The van der Waals surface area contributed by atoms with Crippen molar-refractivity contribution in [2.24, 2.45) is 11.8 Å². The predicted octanol–water partition coefficient (Wildman–Crippen LogP) is 2.31. The average Bonchev–Trinajstić information content (AvgIpc) is 2.38. The van der Waals surface area contributed by atoms with Gasteiger partial charge in [0, 0.05) is 13.2 Å². The van der Waals surface area contributed by atoms with Gasteiger partial charge in [0.05, 0.1) is 12.5 Å². The first-order chi connectivity index (χ1) is 7.86. The van der Waals surface area contributed by atoms with Crippen LogP contribution in [0.1, 0.15) is 32.1 Å². The number of rotatable bonds is 3. The molecule has 1 fully saturated rings. The first kappa shape index (κ1) is 11.6. The van der Waals surface area contributed by atoms with Gasteiger partial charge in [-0.3, -0.25) is 4.79 Å². The van der Waals surface area contributed by atoms with Crippen LogP contribution >= 0.6 is 0 Å². The molecule has 0 N–H and O–H groups in total. The maximum atomic E-state index is 11.7.